The predicted molar refractivity (Wildman–Crippen MR) is 117 cm³/mol. The summed E-state index contributed by atoms with van der Waals surface area (Å²) in [5.74, 6) is 2.02. The van der Waals surface area contributed by atoms with Crippen molar-refractivity contribution < 1.29 is 4.42 Å². The van der Waals surface area contributed by atoms with Gasteiger partial charge in [0.05, 0.1) is 17.3 Å². The topological polar surface area (TPSA) is 76.1 Å². The number of anilines is 1. The van der Waals surface area contributed by atoms with Gasteiger partial charge in [0.25, 0.3) is 0 Å². The first-order valence-corrected chi connectivity index (χ1v) is 11.1. The van der Waals surface area contributed by atoms with Gasteiger partial charge in [-0.1, -0.05) is 30.0 Å². The minimum atomic E-state index is 0.838. The number of fused-ring (bicyclic) bond motifs is 1. The summed E-state index contributed by atoms with van der Waals surface area (Å²) in [6.45, 7) is 5.13. The fourth-order valence-corrected chi connectivity index (χ4v) is 4.58. The molecule has 1 aliphatic heterocycles. The second-order valence-corrected chi connectivity index (χ2v) is 8.27. The normalized spacial score (nSPS) is 15.1. The smallest absolute Gasteiger partial charge is 0.214 e. The van der Waals surface area contributed by atoms with E-state index in [1.165, 1.54) is 0 Å². The van der Waals surface area contributed by atoms with E-state index < -0.39 is 0 Å². The van der Waals surface area contributed by atoms with E-state index in [2.05, 4.69) is 30.3 Å². The minimum absolute atomic E-state index is 0.838. The van der Waals surface area contributed by atoms with E-state index in [-0.39, 0.29) is 0 Å². The first kappa shape index (κ1) is 19.1. The fraction of sp³-hybridized carbons (Fsp3) is 0.333. The summed E-state index contributed by atoms with van der Waals surface area (Å²) in [4.78, 5) is 9.47. The van der Waals surface area contributed by atoms with E-state index in [1.807, 2.05) is 48.7 Å². The fourth-order valence-electron chi connectivity index (χ4n) is 3.77. The molecule has 1 fully saturated rings. The molecule has 0 atom stereocenters. The van der Waals surface area contributed by atoms with Crippen molar-refractivity contribution in [2.24, 2.45) is 0 Å². The van der Waals surface area contributed by atoms with Crippen LogP contribution in [0.4, 0.5) is 5.82 Å². The lowest BCUT2D eigenvalue weighted by molar-refractivity contribution is 0.259. The Labute approximate surface area is 178 Å². The molecule has 1 saturated heterocycles. The number of pyridine rings is 1. The first-order valence-electron chi connectivity index (χ1n) is 10.1. The summed E-state index contributed by atoms with van der Waals surface area (Å²) in [6, 6.07) is 13.9. The van der Waals surface area contributed by atoms with E-state index in [1.54, 1.807) is 22.7 Å². The zero-order valence-corrected chi connectivity index (χ0v) is 17.4. The highest BCUT2D eigenvalue weighted by Gasteiger charge is 2.20. The van der Waals surface area contributed by atoms with Crippen LogP contribution in [0.3, 0.4) is 0 Å². The molecule has 0 radical (unpaired) electrons. The summed E-state index contributed by atoms with van der Waals surface area (Å²) in [5, 5.41) is 14.1. The van der Waals surface area contributed by atoms with Crippen LogP contribution in [0.15, 0.2) is 64.5 Å². The van der Waals surface area contributed by atoms with E-state index >= 15 is 0 Å². The molecular formula is C21H23N7OS. The molecule has 5 rings (SSSR count). The molecule has 0 bridgehead atoms. The maximum absolute atomic E-state index is 5.51. The lowest BCUT2D eigenvalue weighted by Gasteiger charge is -2.35. The van der Waals surface area contributed by atoms with Gasteiger partial charge in [0.2, 0.25) is 5.16 Å². The van der Waals surface area contributed by atoms with Gasteiger partial charge in [0.15, 0.2) is 0 Å². The van der Waals surface area contributed by atoms with Crippen molar-refractivity contribution in [2.75, 3.05) is 43.4 Å². The maximum atomic E-state index is 5.51. The van der Waals surface area contributed by atoms with Crippen LogP contribution in [0.2, 0.25) is 0 Å². The zero-order chi connectivity index (χ0) is 20.2. The molecule has 9 heteroatoms. The molecule has 0 unspecified atom stereocenters. The molecule has 1 aliphatic rings. The van der Waals surface area contributed by atoms with Crippen molar-refractivity contribution in [3.05, 3.63) is 54.9 Å². The van der Waals surface area contributed by atoms with Gasteiger partial charge in [0.1, 0.15) is 11.4 Å². The Bertz CT molecular complexity index is 1090. The van der Waals surface area contributed by atoms with Crippen LogP contribution in [0.25, 0.3) is 16.7 Å². The largest absolute Gasteiger partial charge is 0.464 e. The molecule has 4 heterocycles. The van der Waals surface area contributed by atoms with Gasteiger partial charge >= 0.3 is 0 Å². The van der Waals surface area contributed by atoms with Crippen molar-refractivity contribution >= 4 is 28.5 Å². The van der Waals surface area contributed by atoms with Crippen LogP contribution in [-0.4, -0.2) is 68.6 Å². The van der Waals surface area contributed by atoms with E-state index in [4.69, 9.17) is 4.42 Å². The Morgan fingerprint density at radius 3 is 2.73 bits per heavy atom. The summed E-state index contributed by atoms with van der Waals surface area (Å²) >= 11 is 1.71. The van der Waals surface area contributed by atoms with Crippen LogP contribution in [0, 0.1) is 0 Å². The molecule has 4 aromatic rings. The summed E-state index contributed by atoms with van der Waals surface area (Å²) in [7, 11) is 0. The molecule has 3 aromatic heterocycles. The zero-order valence-electron chi connectivity index (χ0n) is 16.6. The summed E-state index contributed by atoms with van der Waals surface area (Å²) < 4.78 is 7.31. The lowest BCUT2D eigenvalue weighted by atomic mass is 10.2. The molecule has 0 N–H and O–H groups in total. The Morgan fingerprint density at radius 2 is 1.87 bits per heavy atom. The van der Waals surface area contributed by atoms with Crippen molar-refractivity contribution in [3.63, 3.8) is 0 Å². The molecule has 0 aliphatic carbocycles. The van der Waals surface area contributed by atoms with Crippen molar-refractivity contribution in [1.82, 2.24) is 30.1 Å². The summed E-state index contributed by atoms with van der Waals surface area (Å²) in [5.41, 5.74) is 1.89. The van der Waals surface area contributed by atoms with E-state index in [0.29, 0.717) is 0 Å². The number of hydrogen-bond acceptors (Lipinski definition) is 8. The molecule has 0 amide bonds. The first-order chi connectivity index (χ1) is 14.9. The Kier molecular flexibility index (Phi) is 5.62. The van der Waals surface area contributed by atoms with Crippen molar-refractivity contribution in [3.8, 4) is 5.69 Å². The minimum Gasteiger partial charge on any atom is -0.464 e. The number of furan rings is 1. The van der Waals surface area contributed by atoms with Gasteiger partial charge in [-0.05, 0) is 47.7 Å². The number of para-hydroxylation sites is 1. The van der Waals surface area contributed by atoms with Gasteiger partial charge in [-0.2, -0.15) is 4.68 Å². The van der Waals surface area contributed by atoms with Gasteiger partial charge in [-0.15, -0.1) is 5.10 Å². The number of benzene rings is 1. The number of tetrazole rings is 1. The van der Waals surface area contributed by atoms with Crippen LogP contribution in [-0.2, 0) is 0 Å². The Balaban J connectivity index is 1.09. The molecule has 0 spiro atoms. The quantitative estimate of drug-likeness (QED) is 0.333. The second-order valence-electron chi connectivity index (χ2n) is 7.21. The number of piperazine rings is 1. The highest BCUT2D eigenvalue weighted by atomic mass is 32.2. The van der Waals surface area contributed by atoms with Crippen LogP contribution in [0.5, 0.6) is 0 Å². The van der Waals surface area contributed by atoms with Crippen LogP contribution < -0.4 is 4.90 Å². The molecule has 1 aromatic carbocycles. The number of rotatable bonds is 7. The molecular weight excluding hydrogens is 398 g/mol. The molecule has 154 valence electrons. The van der Waals surface area contributed by atoms with Gasteiger partial charge in [-0.3, -0.25) is 4.90 Å². The molecule has 8 nitrogen and oxygen atoms in total. The monoisotopic (exact) mass is 421 g/mol. The van der Waals surface area contributed by atoms with Crippen molar-refractivity contribution in [2.45, 2.75) is 11.6 Å². The third-order valence-corrected chi connectivity index (χ3v) is 6.33. The highest BCUT2D eigenvalue weighted by molar-refractivity contribution is 7.99. The Morgan fingerprint density at radius 1 is 1.00 bits per heavy atom. The predicted octanol–water partition coefficient (Wildman–Crippen LogP) is 3.11. The lowest BCUT2D eigenvalue weighted by Crippen LogP contribution is -2.47. The number of nitrogens with zero attached hydrogens (tertiary/aromatic N) is 7. The second kappa shape index (κ2) is 8.85. The average molecular weight is 422 g/mol. The maximum Gasteiger partial charge on any atom is 0.214 e. The molecule has 30 heavy (non-hydrogen) atoms. The molecule has 0 saturated carbocycles. The van der Waals surface area contributed by atoms with Crippen molar-refractivity contribution in [1.29, 1.82) is 0 Å². The van der Waals surface area contributed by atoms with E-state index in [9.17, 15) is 0 Å². The number of thioether (sulfide) groups is 1. The summed E-state index contributed by atoms with van der Waals surface area (Å²) in [6.07, 6.45) is 4.66. The average Bonchev–Trinajstić information content (AvgIpc) is 3.47. The third-order valence-electron chi connectivity index (χ3n) is 5.32. The third kappa shape index (κ3) is 4.03. The standard InChI is InChI=1S/C21H23N7OS/c1-2-5-17(6-3-1)28-21(23-24-25-28)30-16-4-10-26-11-13-27(14-12-26)20-18-8-15-29-19(18)7-9-22-20/h1-3,5-9,15H,4,10-14,16H2. The Hall–Kier alpha value is -2.91. The van der Waals surface area contributed by atoms with Crippen LogP contribution >= 0.6 is 11.8 Å². The van der Waals surface area contributed by atoms with Crippen LogP contribution in [0.1, 0.15) is 6.42 Å². The van der Waals surface area contributed by atoms with E-state index in [0.717, 1.165) is 72.5 Å². The number of hydrogen-bond donors (Lipinski definition) is 0. The van der Waals surface area contributed by atoms with Gasteiger partial charge in [-0.25, -0.2) is 4.98 Å². The SMILES string of the molecule is c1ccc(-n2nnnc2SCCCN2CCN(c3nccc4occc34)CC2)cc1. The van der Waals surface area contributed by atoms with Gasteiger partial charge < -0.3 is 9.32 Å². The van der Waals surface area contributed by atoms with Gasteiger partial charge in [0, 0.05) is 38.1 Å². The number of aromatic nitrogens is 5. The highest BCUT2D eigenvalue weighted by Crippen LogP contribution is 2.26.